The second kappa shape index (κ2) is 6.84. The Morgan fingerprint density at radius 1 is 1.25 bits per heavy atom. The second-order valence-corrected chi connectivity index (χ2v) is 6.69. The molecule has 1 N–H and O–H groups in total. The molecule has 1 saturated heterocycles. The molecule has 1 aliphatic heterocycles. The Morgan fingerprint density at radius 3 is 2.96 bits per heavy atom. The van der Waals surface area contributed by atoms with E-state index < -0.39 is 0 Å². The molecule has 4 rings (SSSR count). The number of benzene rings is 1. The zero-order chi connectivity index (χ0) is 16.4. The summed E-state index contributed by atoms with van der Waals surface area (Å²) in [5.74, 6) is 0.946. The molecule has 1 atom stereocenters. The topological polar surface area (TPSA) is 58.5 Å². The summed E-state index contributed by atoms with van der Waals surface area (Å²) >= 11 is 1.64. The van der Waals surface area contributed by atoms with Gasteiger partial charge in [-0.1, -0.05) is 30.3 Å². The van der Waals surface area contributed by atoms with Gasteiger partial charge in [0.25, 0.3) is 0 Å². The zero-order valence-electron chi connectivity index (χ0n) is 13.3. The van der Waals surface area contributed by atoms with Crippen molar-refractivity contribution in [2.24, 2.45) is 0 Å². The first-order valence-electron chi connectivity index (χ1n) is 8.11. The van der Waals surface area contributed by atoms with Crippen LogP contribution in [0.5, 0.6) is 0 Å². The van der Waals surface area contributed by atoms with Gasteiger partial charge < -0.3 is 14.7 Å². The SMILES string of the molecule is OCC[C@@H]1COCCN1c1ncnc2scc(-c3ccccc3)c12. The van der Waals surface area contributed by atoms with Gasteiger partial charge >= 0.3 is 0 Å². The van der Waals surface area contributed by atoms with E-state index in [2.05, 4.69) is 32.4 Å². The molecule has 0 amide bonds. The van der Waals surface area contributed by atoms with Crippen LogP contribution in [0.1, 0.15) is 6.42 Å². The van der Waals surface area contributed by atoms with Gasteiger partial charge in [0, 0.05) is 24.1 Å². The van der Waals surface area contributed by atoms with Gasteiger partial charge in [-0.25, -0.2) is 9.97 Å². The Morgan fingerprint density at radius 2 is 2.12 bits per heavy atom. The van der Waals surface area contributed by atoms with Crippen LogP contribution in [0.4, 0.5) is 5.82 Å². The summed E-state index contributed by atoms with van der Waals surface area (Å²) in [6.45, 7) is 2.23. The van der Waals surface area contributed by atoms with Gasteiger partial charge in [-0.15, -0.1) is 11.3 Å². The highest BCUT2D eigenvalue weighted by Crippen LogP contribution is 2.38. The van der Waals surface area contributed by atoms with Crippen molar-refractivity contribution in [3.05, 3.63) is 42.0 Å². The van der Waals surface area contributed by atoms with Crippen LogP contribution in [0.25, 0.3) is 21.3 Å². The Labute approximate surface area is 144 Å². The third-order valence-corrected chi connectivity index (χ3v) is 5.28. The van der Waals surface area contributed by atoms with Crippen molar-refractivity contribution in [3.8, 4) is 11.1 Å². The Balaban J connectivity index is 1.84. The van der Waals surface area contributed by atoms with Crippen LogP contribution >= 0.6 is 11.3 Å². The summed E-state index contributed by atoms with van der Waals surface area (Å²) in [4.78, 5) is 12.3. The van der Waals surface area contributed by atoms with Gasteiger partial charge in [0.2, 0.25) is 0 Å². The number of thiophene rings is 1. The van der Waals surface area contributed by atoms with Crippen LogP contribution in [-0.2, 0) is 4.74 Å². The van der Waals surface area contributed by atoms with Gasteiger partial charge in [-0.3, -0.25) is 0 Å². The minimum atomic E-state index is 0.144. The van der Waals surface area contributed by atoms with E-state index in [0.29, 0.717) is 19.6 Å². The lowest BCUT2D eigenvalue weighted by atomic mass is 10.0. The molecule has 0 saturated carbocycles. The molecule has 24 heavy (non-hydrogen) atoms. The number of hydrogen-bond donors (Lipinski definition) is 1. The molecule has 0 spiro atoms. The lowest BCUT2D eigenvalue weighted by molar-refractivity contribution is 0.0847. The molecule has 1 aliphatic rings. The van der Waals surface area contributed by atoms with E-state index in [9.17, 15) is 5.11 Å². The molecule has 1 aromatic carbocycles. The first kappa shape index (κ1) is 15.5. The maximum absolute atomic E-state index is 9.38. The highest BCUT2D eigenvalue weighted by molar-refractivity contribution is 7.17. The normalized spacial score (nSPS) is 18.2. The van der Waals surface area contributed by atoms with Gasteiger partial charge in [-0.2, -0.15) is 0 Å². The van der Waals surface area contributed by atoms with E-state index in [1.807, 2.05) is 18.2 Å². The molecule has 1 fully saturated rings. The molecule has 0 bridgehead atoms. The lowest BCUT2D eigenvalue weighted by Crippen LogP contribution is -2.46. The third kappa shape index (κ3) is 2.77. The molecular weight excluding hydrogens is 322 g/mol. The second-order valence-electron chi connectivity index (χ2n) is 5.83. The Hall–Kier alpha value is -2.02. The molecule has 6 heteroatoms. The first-order valence-corrected chi connectivity index (χ1v) is 8.99. The van der Waals surface area contributed by atoms with Crippen LogP contribution in [0.2, 0.25) is 0 Å². The van der Waals surface area contributed by atoms with Crippen molar-refractivity contribution < 1.29 is 9.84 Å². The predicted octanol–water partition coefficient (Wildman–Crippen LogP) is 2.95. The third-order valence-electron chi connectivity index (χ3n) is 4.40. The van der Waals surface area contributed by atoms with E-state index in [0.717, 1.165) is 22.6 Å². The van der Waals surface area contributed by atoms with Gasteiger partial charge in [0.05, 0.1) is 24.6 Å². The van der Waals surface area contributed by atoms with E-state index in [4.69, 9.17) is 4.74 Å². The van der Waals surface area contributed by atoms with E-state index in [1.165, 1.54) is 11.1 Å². The summed E-state index contributed by atoms with van der Waals surface area (Å²) in [6, 6.07) is 10.5. The Kier molecular flexibility index (Phi) is 4.42. The fourth-order valence-electron chi connectivity index (χ4n) is 3.23. The number of anilines is 1. The predicted molar refractivity (Wildman–Crippen MR) is 96.5 cm³/mol. The number of aliphatic hydroxyl groups excluding tert-OH is 1. The maximum Gasteiger partial charge on any atom is 0.141 e. The van der Waals surface area contributed by atoms with Crippen molar-refractivity contribution >= 4 is 27.4 Å². The molecule has 2 aromatic heterocycles. The van der Waals surface area contributed by atoms with Gasteiger partial charge in [0.1, 0.15) is 17.0 Å². The number of rotatable bonds is 4. The van der Waals surface area contributed by atoms with Crippen molar-refractivity contribution in [1.82, 2.24) is 9.97 Å². The van der Waals surface area contributed by atoms with E-state index in [-0.39, 0.29) is 12.6 Å². The van der Waals surface area contributed by atoms with Crippen molar-refractivity contribution in [3.63, 3.8) is 0 Å². The number of hydrogen-bond acceptors (Lipinski definition) is 6. The highest BCUT2D eigenvalue weighted by atomic mass is 32.1. The quantitative estimate of drug-likeness (QED) is 0.791. The largest absolute Gasteiger partial charge is 0.396 e. The number of nitrogens with zero attached hydrogens (tertiary/aromatic N) is 3. The molecule has 5 nitrogen and oxygen atoms in total. The molecular formula is C18H19N3O2S. The van der Waals surface area contributed by atoms with Crippen molar-refractivity contribution in [1.29, 1.82) is 0 Å². The molecule has 0 unspecified atom stereocenters. The number of fused-ring (bicyclic) bond motifs is 1. The summed E-state index contributed by atoms with van der Waals surface area (Å²) in [7, 11) is 0. The number of ether oxygens (including phenoxy) is 1. The average Bonchev–Trinajstić information content (AvgIpc) is 3.07. The minimum Gasteiger partial charge on any atom is -0.396 e. The maximum atomic E-state index is 9.38. The zero-order valence-corrected chi connectivity index (χ0v) is 14.1. The van der Waals surface area contributed by atoms with Crippen molar-refractivity contribution in [2.45, 2.75) is 12.5 Å². The van der Waals surface area contributed by atoms with Crippen LogP contribution in [-0.4, -0.2) is 47.5 Å². The first-order chi connectivity index (χ1) is 11.9. The lowest BCUT2D eigenvalue weighted by Gasteiger charge is -2.36. The van der Waals surface area contributed by atoms with Gasteiger partial charge in [-0.05, 0) is 12.0 Å². The smallest absolute Gasteiger partial charge is 0.141 e. The average molecular weight is 341 g/mol. The Bertz CT molecular complexity index is 820. The van der Waals surface area contributed by atoms with Crippen molar-refractivity contribution in [2.75, 3.05) is 31.3 Å². The summed E-state index contributed by atoms with van der Waals surface area (Å²) in [5, 5.41) is 12.6. The summed E-state index contributed by atoms with van der Waals surface area (Å²) < 4.78 is 5.60. The standard InChI is InChI=1S/C18H19N3O2S/c22-8-6-14-10-23-9-7-21(14)17-16-15(13-4-2-1-3-5-13)11-24-18(16)20-12-19-17/h1-5,11-12,14,22H,6-10H2/t14-/m1/s1. The summed E-state index contributed by atoms with van der Waals surface area (Å²) in [6.07, 6.45) is 2.31. The molecule has 124 valence electrons. The fraction of sp³-hybridized carbons (Fsp3) is 0.333. The fourth-order valence-corrected chi connectivity index (χ4v) is 4.14. The van der Waals surface area contributed by atoms with E-state index in [1.54, 1.807) is 17.7 Å². The van der Waals surface area contributed by atoms with E-state index >= 15 is 0 Å². The van der Waals surface area contributed by atoms with Crippen LogP contribution in [0.15, 0.2) is 42.0 Å². The number of morpholine rings is 1. The number of aromatic nitrogens is 2. The molecule has 3 aromatic rings. The van der Waals surface area contributed by atoms with Crippen LogP contribution < -0.4 is 4.90 Å². The number of aliphatic hydroxyl groups is 1. The summed E-state index contributed by atoms with van der Waals surface area (Å²) in [5.41, 5.74) is 2.34. The van der Waals surface area contributed by atoms with Crippen LogP contribution in [0.3, 0.4) is 0 Å². The monoisotopic (exact) mass is 341 g/mol. The molecule has 0 aliphatic carbocycles. The molecule has 0 radical (unpaired) electrons. The minimum absolute atomic E-state index is 0.144. The highest BCUT2D eigenvalue weighted by Gasteiger charge is 2.27. The van der Waals surface area contributed by atoms with Crippen LogP contribution in [0, 0.1) is 0 Å². The van der Waals surface area contributed by atoms with Gasteiger partial charge in [0.15, 0.2) is 0 Å². The molecule has 3 heterocycles.